The zero-order chi connectivity index (χ0) is 10.2. The summed E-state index contributed by atoms with van der Waals surface area (Å²) in [4.78, 5) is 13.7. The number of hydrogen-bond acceptors (Lipinski definition) is 3. The van der Waals surface area contributed by atoms with Crippen LogP contribution in [0.25, 0.3) is 0 Å². The highest BCUT2D eigenvalue weighted by atomic mass is 16.5. The minimum atomic E-state index is -0.768. The quantitative estimate of drug-likeness (QED) is 0.647. The summed E-state index contributed by atoms with van der Waals surface area (Å²) in [6.07, 6.45) is 1.57. The van der Waals surface area contributed by atoms with Gasteiger partial charge in [-0.1, -0.05) is 0 Å². The highest BCUT2D eigenvalue weighted by molar-refractivity contribution is 5.81. The van der Waals surface area contributed by atoms with Gasteiger partial charge in [-0.15, -0.1) is 0 Å². The van der Waals surface area contributed by atoms with Crippen LogP contribution in [0.3, 0.4) is 0 Å². The fourth-order valence-electron chi connectivity index (χ4n) is 2.10. The molecule has 4 heteroatoms. The minimum Gasteiger partial charge on any atom is -0.389 e. The lowest BCUT2D eigenvalue weighted by Crippen LogP contribution is -2.55. The monoisotopic (exact) mass is 199 g/mol. The lowest BCUT2D eigenvalue weighted by Gasteiger charge is -2.44. The van der Waals surface area contributed by atoms with E-state index in [1.807, 2.05) is 4.90 Å². The summed E-state index contributed by atoms with van der Waals surface area (Å²) in [5.74, 6) is -0.0786. The van der Waals surface area contributed by atoms with Crippen LogP contribution in [0, 0.1) is 5.92 Å². The van der Waals surface area contributed by atoms with Crippen molar-refractivity contribution in [3.05, 3.63) is 0 Å². The van der Waals surface area contributed by atoms with E-state index >= 15 is 0 Å². The van der Waals surface area contributed by atoms with Crippen molar-refractivity contribution in [2.75, 3.05) is 26.3 Å². The first-order chi connectivity index (χ1) is 6.61. The van der Waals surface area contributed by atoms with E-state index in [1.54, 1.807) is 6.92 Å². The third-order valence-corrected chi connectivity index (χ3v) is 3.31. The number of rotatable bonds is 1. The van der Waals surface area contributed by atoms with Crippen LogP contribution in [0.15, 0.2) is 0 Å². The standard InChI is InChI=1S/C10H17NO3/c1-10(13)3-2-8(10)9(12)11-4-6-14-7-5-11/h8,13H,2-7H2,1H3/t8-,10?/m1/s1. The molecule has 14 heavy (non-hydrogen) atoms. The summed E-state index contributed by atoms with van der Waals surface area (Å²) >= 11 is 0. The lowest BCUT2D eigenvalue weighted by molar-refractivity contribution is -0.160. The summed E-state index contributed by atoms with van der Waals surface area (Å²) in [5, 5.41) is 9.80. The van der Waals surface area contributed by atoms with E-state index < -0.39 is 5.60 Å². The molecule has 80 valence electrons. The molecule has 1 aliphatic carbocycles. The maximum atomic E-state index is 11.9. The number of ether oxygens (including phenoxy) is 1. The van der Waals surface area contributed by atoms with E-state index in [9.17, 15) is 9.90 Å². The van der Waals surface area contributed by atoms with Gasteiger partial charge in [-0.25, -0.2) is 0 Å². The van der Waals surface area contributed by atoms with Gasteiger partial charge in [0.2, 0.25) is 5.91 Å². The van der Waals surface area contributed by atoms with Gasteiger partial charge in [-0.05, 0) is 19.8 Å². The number of hydrogen-bond donors (Lipinski definition) is 1. The third kappa shape index (κ3) is 1.64. The van der Waals surface area contributed by atoms with Crippen LogP contribution in [0.1, 0.15) is 19.8 Å². The highest BCUT2D eigenvalue weighted by Crippen LogP contribution is 2.39. The maximum Gasteiger partial charge on any atom is 0.228 e. The molecule has 2 rings (SSSR count). The second-order valence-corrected chi connectivity index (χ2v) is 4.39. The Morgan fingerprint density at radius 3 is 2.57 bits per heavy atom. The number of carbonyl (C=O) groups is 1. The molecule has 1 saturated heterocycles. The predicted octanol–water partition coefficient (Wildman–Crippen LogP) is 0.00620. The normalized spacial score (nSPS) is 37.9. The molecular formula is C10H17NO3. The number of aliphatic hydroxyl groups is 1. The summed E-state index contributed by atoms with van der Waals surface area (Å²) < 4.78 is 5.18. The van der Waals surface area contributed by atoms with Crippen LogP contribution >= 0.6 is 0 Å². The van der Waals surface area contributed by atoms with E-state index in [2.05, 4.69) is 0 Å². The van der Waals surface area contributed by atoms with Gasteiger partial charge in [-0.2, -0.15) is 0 Å². The maximum absolute atomic E-state index is 11.9. The Labute approximate surface area is 83.8 Å². The largest absolute Gasteiger partial charge is 0.389 e. The molecule has 2 fully saturated rings. The van der Waals surface area contributed by atoms with E-state index in [0.29, 0.717) is 26.3 Å². The Balaban J connectivity index is 1.94. The summed E-state index contributed by atoms with van der Waals surface area (Å²) in [5.41, 5.74) is -0.768. The van der Waals surface area contributed by atoms with Crippen molar-refractivity contribution in [2.45, 2.75) is 25.4 Å². The lowest BCUT2D eigenvalue weighted by atomic mass is 9.70. The van der Waals surface area contributed by atoms with Gasteiger partial charge in [0.15, 0.2) is 0 Å². The van der Waals surface area contributed by atoms with Gasteiger partial charge in [0, 0.05) is 13.1 Å². The first-order valence-corrected chi connectivity index (χ1v) is 5.20. The first-order valence-electron chi connectivity index (χ1n) is 5.20. The molecule has 1 amide bonds. The Morgan fingerprint density at radius 2 is 2.14 bits per heavy atom. The van der Waals surface area contributed by atoms with Crippen LogP contribution in [-0.2, 0) is 9.53 Å². The zero-order valence-electron chi connectivity index (χ0n) is 8.53. The number of amides is 1. The average Bonchev–Trinajstić information content (AvgIpc) is 2.18. The Bertz CT molecular complexity index is 234. The van der Waals surface area contributed by atoms with Crippen LogP contribution < -0.4 is 0 Å². The van der Waals surface area contributed by atoms with Crippen molar-refractivity contribution in [1.82, 2.24) is 4.90 Å². The van der Waals surface area contributed by atoms with Crippen molar-refractivity contribution in [3.8, 4) is 0 Å². The summed E-state index contributed by atoms with van der Waals surface area (Å²) in [7, 11) is 0. The van der Waals surface area contributed by atoms with E-state index in [0.717, 1.165) is 12.8 Å². The van der Waals surface area contributed by atoms with Crippen molar-refractivity contribution in [3.63, 3.8) is 0 Å². The second kappa shape index (κ2) is 3.51. The van der Waals surface area contributed by atoms with Crippen LogP contribution in [0.4, 0.5) is 0 Å². The SMILES string of the molecule is CC1(O)CC[C@@H]1C(=O)N1CCOCC1. The molecule has 0 bridgehead atoms. The number of morpholine rings is 1. The molecule has 1 N–H and O–H groups in total. The topological polar surface area (TPSA) is 49.8 Å². The highest BCUT2D eigenvalue weighted by Gasteiger charge is 2.47. The molecule has 1 heterocycles. The fraction of sp³-hybridized carbons (Fsp3) is 0.900. The van der Waals surface area contributed by atoms with Gasteiger partial charge in [0.1, 0.15) is 0 Å². The average molecular weight is 199 g/mol. The molecule has 0 aromatic heterocycles. The molecule has 0 radical (unpaired) electrons. The number of nitrogens with zero attached hydrogens (tertiary/aromatic N) is 1. The van der Waals surface area contributed by atoms with Crippen LogP contribution in [0.5, 0.6) is 0 Å². The zero-order valence-corrected chi connectivity index (χ0v) is 8.53. The van der Waals surface area contributed by atoms with Gasteiger partial charge in [0.05, 0.1) is 24.7 Å². The predicted molar refractivity (Wildman–Crippen MR) is 50.7 cm³/mol. The summed E-state index contributed by atoms with van der Waals surface area (Å²) in [6, 6.07) is 0. The molecule has 2 aliphatic rings. The van der Waals surface area contributed by atoms with Gasteiger partial charge in [-0.3, -0.25) is 4.79 Å². The molecular weight excluding hydrogens is 182 g/mol. The van der Waals surface area contributed by atoms with Crippen LogP contribution in [-0.4, -0.2) is 47.8 Å². The van der Waals surface area contributed by atoms with Gasteiger partial charge >= 0.3 is 0 Å². The van der Waals surface area contributed by atoms with Crippen molar-refractivity contribution < 1.29 is 14.6 Å². The molecule has 0 spiro atoms. The number of carbonyl (C=O) groups excluding carboxylic acids is 1. The minimum absolute atomic E-state index is 0.101. The molecule has 1 unspecified atom stereocenters. The smallest absolute Gasteiger partial charge is 0.228 e. The third-order valence-electron chi connectivity index (χ3n) is 3.31. The molecule has 0 aromatic carbocycles. The molecule has 4 nitrogen and oxygen atoms in total. The van der Waals surface area contributed by atoms with Gasteiger partial charge in [0.25, 0.3) is 0 Å². The Kier molecular flexibility index (Phi) is 2.49. The van der Waals surface area contributed by atoms with E-state index in [1.165, 1.54) is 0 Å². The molecule has 1 aliphatic heterocycles. The second-order valence-electron chi connectivity index (χ2n) is 4.39. The van der Waals surface area contributed by atoms with Gasteiger partial charge < -0.3 is 14.7 Å². The van der Waals surface area contributed by atoms with E-state index in [-0.39, 0.29) is 11.8 Å². The van der Waals surface area contributed by atoms with Crippen molar-refractivity contribution in [2.24, 2.45) is 5.92 Å². The summed E-state index contributed by atoms with van der Waals surface area (Å²) in [6.45, 7) is 4.34. The molecule has 2 atom stereocenters. The molecule has 1 saturated carbocycles. The Morgan fingerprint density at radius 1 is 1.50 bits per heavy atom. The van der Waals surface area contributed by atoms with Crippen molar-refractivity contribution >= 4 is 5.91 Å². The van der Waals surface area contributed by atoms with E-state index in [4.69, 9.17) is 4.74 Å². The van der Waals surface area contributed by atoms with Crippen molar-refractivity contribution in [1.29, 1.82) is 0 Å². The Hall–Kier alpha value is -0.610. The fourth-order valence-corrected chi connectivity index (χ4v) is 2.10. The first kappa shape index (κ1) is 9.93. The molecule has 0 aromatic rings. The van der Waals surface area contributed by atoms with Crippen LogP contribution in [0.2, 0.25) is 0 Å².